The Morgan fingerprint density at radius 1 is 1.19 bits per heavy atom. The number of nitrogens with zero attached hydrogens (tertiary/aromatic N) is 2. The minimum atomic E-state index is -0.787. The molecule has 0 aromatic carbocycles. The van der Waals surface area contributed by atoms with Gasteiger partial charge in [-0.1, -0.05) is 0 Å². The Kier molecular flexibility index (Phi) is 6.68. The van der Waals surface area contributed by atoms with Crippen molar-refractivity contribution in [1.82, 2.24) is 9.97 Å². The summed E-state index contributed by atoms with van der Waals surface area (Å²) in [7, 11) is 1.54. The molecule has 0 saturated heterocycles. The van der Waals surface area contributed by atoms with Crippen LogP contribution in [0.4, 0.5) is 4.39 Å². The average Bonchev–Trinajstić information content (AvgIpc) is 3.62. The predicted molar refractivity (Wildman–Crippen MR) is 113 cm³/mol. The molecule has 0 amide bonds. The maximum Gasteiger partial charge on any atom is 0.304 e. The zero-order valence-corrected chi connectivity index (χ0v) is 17.8. The van der Waals surface area contributed by atoms with Crippen LogP contribution in [-0.2, 0) is 4.79 Å². The average molecular weight is 429 g/mol. The van der Waals surface area contributed by atoms with Gasteiger partial charge in [-0.15, -0.1) is 0 Å². The van der Waals surface area contributed by atoms with Gasteiger partial charge in [-0.3, -0.25) is 9.78 Å². The monoisotopic (exact) mass is 428 g/mol. The molecule has 2 aromatic rings. The fraction of sp³-hybridized carbons (Fsp3) is 0.542. The van der Waals surface area contributed by atoms with Crippen molar-refractivity contribution in [2.75, 3.05) is 13.7 Å². The molecule has 1 N–H and O–H groups in total. The number of aromatic nitrogens is 2. The molecule has 31 heavy (non-hydrogen) atoms. The van der Waals surface area contributed by atoms with E-state index < -0.39 is 5.97 Å². The smallest absolute Gasteiger partial charge is 0.304 e. The third-order valence-corrected chi connectivity index (χ3v) is 6.56. The summed E-state index contributed by atoms with van der Waals surface area (Å²) in [5.74, 6) is 1.11. The summed E-state index contributed by atoms with van der Waals surface area (Å²) < 4.78 is 25.4. The number of pyridine rings is 2. The maximum atomic E-state index is 14.2. The van der Waals surface area contributed by atoms with Gasteiger partial charge in [0, 0.05) is 29.9 Å². The number of rotatable bonds is 9. The van der Waals surface area contributed by atoms with Gasteiger partial charge in [-0.2, -0.15) is 0 Å². The Labute approximate surface area is 181 Å². The second-order valence-corrected chi connectivity index (χ2v) is 8.74. The summed E-state index contributed by atoms with van der Waals surface area (Å²) in [4.78, 5) is 19.6. The molecule has 2 fully saturated rings. The van der Waals surface area contributed by atoms with E-state index in [0.717, 1.165) is 50.0 Å². The molecular formula is C24H29FN2O4. The van der Waals surface area contributed by atoms with Gasteiger partial charge >= 0.3 is 5.97 Å². The van der Waals surface area contributed by atoms with E-state index >= 15 is 0 Å². The summed E-state index contributed by atoms with van der Waals surface area (Å²) in [5.41, 5.74) is 1.50. The Bertz CT molecular complexity index is 910. The van der Waals surface area contributed by atoms with E-state index in [1.807, 2.05) is 12.1 Å². The van der Waals surface area contributed by atoms with Crippen LogP contribution in [0.1, 0.15) is 68.0 Å². The number of aliphatic carboxylic acids is 1. The van der Waals surface area contributed by atoms with Crippen LogP contribution >= 0.6 is 0 Å². The van der Waals surface area contributed by atoms with Crippen LogP contribution in [0.25, 0.3) is 0 Å². The van der Waals surface area contributed by atoms with Crippen LogP contribution in [0.2, 0.25) is 0 Å². The Balaban J connectivity index is 1.31. The molecule has 2 aromatic heterocycles. The first kappa shape index (κ1) is 21.5. The second kappa shape index (κ2) is 9.62. The molecule has 1 unspecified atom stereocenters. The summed E-state index contributed by atoms with van der Waals surface area (Å²) in [6.07, 6.45) is 8.94. The van der Waals surface area contributed by atoms with Gasteiger partial charge in [0.1, 0.15) is 11.6 Å². The van der Waals surface area contributed by atoms with Crippen molar-refractivity contribution in [2.45, 2.75) is 56.8 Å². The van der Waals surface area contributed by atoms with E-state index in [1.54, 1.807) is 12.3 Å². The molecular weight excluding hydrogens is 399 g/mol. The molecule has 6 nitrogen and oxygen atoms in total. The number of ether oxygens (including phenoxy) is 2. The van der Waals surface area contributed by atoms with Crippen molar-refractivity contribution in [2.24, 2.45) is 11.8 Å². The van der Waals surface area contributed by atoms with Crippen molar-refractivity contribution >= 4 is 5.97 Å². The first-order valence-electron chi connectivity index (χ1n) is 11.0. The topological polar surface area (TPSA) is 81.5 Å². The van der Waals surface area contributed by atoms with Crippen LogP contribution in [0.3, 0.4) is 0 Å². The number of halogens is 1. The number of hydrogen-bond acceptors (Lipinski definition) is 5. The van der Waals surface area contributed by atoms with E-state index in [2.05, 4.69) is 9.97 Å². The van der Waals surface area contributed by atoms with Crippen molar-refractivity contribution in [1.29, 1.82) is 0 Å². The van der Waals surface area contributed by atoms with Gasteiger partial charge < -0.3 is 14.6 Å². The van der Waals surface area contributed by atoms with Gasteiger partial charge in [0.25, 0.3) is 0 Å². The fourth-order valence-electron chi connectivity index (χ4n) is 4.63. The molecule has 4 rings (SSSR count). The summed E-state index contributed by atoms with van der Waals surface area (Å²) >= 11 is 0. The van der Waals surface area contributed by atoms with E-state index in [4.69, 9.17) is 9.47 Å². The number of carboxylic acids is 1. The molecule has 2 heterocycles. The third kappa shape index (κ3) is 5.51. The van der Waals surface area contributed by atoms with E-state index in [1.165, 1.54) is 13.3 Å². The zero-order chi connectivity index (χ0) is 21.8. The first-order valence-corrected chi connectivity index (χ1v) is 11.0. The van der Waals surface area contributed by atoms with Crippen LogP contribution < -0.4 is 9.47 Å². The maximum absolute atomic E-state index is 14.2. The lowest BCUT2D eigenvalue weighted by atomic mass is 9.79. The standard InChI is InChI=1S/C24H29FN2O4/c1-30-23-11-19(21(25)13-27-23)16-4-2-15(3-5-16)14-31-18-8-9-26-22(10-18)20(12-24(28)29)17-6-7-17/h8-11,13,15-17,20H,2-7,12,14H2,1H3,(H,28,29)/t15-,16-,20?. The van der Waals surface area contributed by atoms with Crippen LogP contribution in [0.5, 0.6) is 11.6 Å². The number of methoxy groups -OCH3 is 1. The molecule has 0 aliphatic heterocycles. The Morgan fingerprint density at radius 2 is 1.97 bits per heavy atom. The van der Waals surface area contributed by atoms with E-state index in [9.17, 15) is 14.3 Å². The number of carbonyl (C=O) groups is 1. The van der Waals surface area contributed by atoms with Gasteiger partial charge in [-0.05, 0) is 67.9 Å². The molecule has 2 aliphatic carbocycles. The predicted octanol–water partition coefficient (Wildman–Crippen LogP) is 4.95. The van der Waals surface area contributed by atoms with E-state index in [-0.39, 0.29) is 24.1 Å². The van der Waals surface area contributed by atoms with Gasteiger partial charge in [0.15, 0.2) is 0 Å². The summed E-state index contributed by atoms with van der Waals surface area (Å²) in [6.45, 7) is 0.603. The highest BCUT2D eigenvalue weighted by molar-refractivity contribution is 5.68. The minimum Gasteiger partial charge on any atom is -0.493 e. The quantitative estimate of drug-likeness (QED) is 0.609. The number of carboxylic acid groups (broad SMARTS) is 1. The highest BCUT2D eigenvalue weighted by Crippen LogP contribution is 2.44. The largest absolute Gasteiger partial charge is 0.493 e. The minimum absolute atomic E-state index is 0.0382. The molecule has 2 saturated carbocycles. The lowest BCUT2D eigenvalue weighted by molar-refractivity contribution is -0.137. The highest BCUT2D eigenvalue weighted by Gasteiger charge is 2.35. The highest BCUT2D eigenvalue weighted by atomic mass is 19.1. The lowest BCUT2D eigenvalue weighted by Crippen LogP contribution is -2.20. The van der Waals surface area contributed by atoms with Crippen molar-refractivity contribution in [3.05, 3.63) is 47.7 Å². The van der Waals surface area contributed by atoms with Crippen LogP contribution in [0.15, 0.2) is 30.6 Å². The van der Waals surface area contributed by atoms with Gasteiger partial charge in [0.2, 0.25) is 5.88 Å². The van der Waals surface area contributed by atoms with Crippen molar-refractivity contribution in [3.8, 4) is 11.6 Å². The van der Waals surface area contributed by atoms with Crippen molar-refractivity contribution < 1.29 is 23.8 Å². The van der Waals surface area contributed by atoms with Crippen LogP contribution in [0, 0.1) is 17.7 Å². The number of hydrogen-bond donors (Lipinski definition) is 1. The lowest BCUT2D eigenvalue weighted by Gasteiger charge is -2.29. The third-order valence-electron chi connectivity index (χ3n) is 6.56. The second-order valence-electron chi connectivity index (χ2n) is 8.74. The molecule has 2 aliphatic rings. The fourth-order valence-corrected chi connectivity index (χ4v) is 4.63. The SMILES string of the molecule is COc1cc([C@H]2CC[C@H](COc3ccnc(C(CC(=O)O)C4CC4)c3)CC2)c(F)cn1. The van der Waals surface area contributed by atoms with Gasteiger partial charge in [-0.25, -0.2) is 9.37 Å². The Morgan fingerprint density at radius 3 is 2.65 bits per heavy atom. The zero-order valence-electron chi connectivity index (χ0n) is 17.8. The normalized spacial score (nSPS) is 22.0. The summed E-state index contributed by atoms with van der Waals surface area (Å²) in [5, 5.41) is 9.22. The Hall–Kier alpha value is -2.70. The molecule has 0 spiro atoms. The summed E-state index contributed by atoms with van der Waals surface area (Å²) in [6, 6.07) is 5.44. The molecule has 7 heteroatoms. The van der Waals surface area contributed by atoms with E-state index in [0.29, 0.717) is 29.9 Å². The molecule has 166 valence electrons. The van der Waals surface area contributed by atoms with Gasteiger partial charge in [0.05, 0.1) is 26.3 Å². The molecule has 1 atom stereocenters. The van der Waals surface area contributed by atoms with Crippen LogP contribution in [-0.4, -0.2) is 34.8 Å². The van der Waals surface area contributed by atoms with Crippen molar-refractivity contribution in [3.63, 3.8) is 0 Å². The molecule has 0 radical (unpaired) electrons. The molecule has 0 bridgehead atoms. The first-order chi connectivity index (χ1) is 15.0.